The molecule has 0 aliphatic carbocycles. The number of ether oxygens (including phenoxy) is 2. The summed E-state index contributed by atoms with van der Waals surface area (Å²) >= 11 is 0. The number of aromatic nitrogens is 4. The molecule has 44 heavy (non-hydrogen) atoms. The topological polar surface area (TPSA) is 150 Å². The Morgan fingerprint density at radius 1 is 1.11 bits per heavy atom. The SMILES string of the molecule is COc1cc(-n2c(C)nc3c(N4CCN(C(=O)O)[C@@H](CC#N)C4)nc(OC[C@@H]4CCCN4C)nc3c2=O)c2ccccc2c1. The molecule has 0 unspecified atom stereocenters. The lowest BCUT2D eigenvalue weighted by Gasteiger charge is -2.39. The van der Waals surface area contributed by atoms with Crippen molar-refractivity contribution in [2.24, 2.45) is 0 Å². The summed E-state index contributed by atoms with van der Waals surface area (Å²) in [4.78, 5) is 45.8. The molecular weight excluding hydrogens is 564 g/mol. The first-order valence-electron chi connectivity index (χ1n) is 14.6. The number of hydrogen-bond donors (Lipinski definition) is 1. The van der Waals surface area contributed by atoms with E-state index >= 15 is 0 Å². The minimum Gasteiger partial charge on any atom is -0.497 e. The number of likely N-dealkylation sites (N-methyl/N-ethyl adjacent to an activating group) is 1. The minimum absolute atomic E-state index is 0.0192. The van der Waals surface area contributed by atoms with E-state index < -0.39 is 17.7 Å². The fourth-order valence-electron chi connectivity index (χ4n) is 6.22. The lowest BCUT2D eigenvalue weighted by atomic mass is 10.1. The summed E-state index contributed by atoms with van der Waals surface area (Å²) in [7, 11) is 3.63. The highest BCUT2D eigenvalue weighted by Gasteiger charge is 2.33. The molecular formula is C31H34N8O5. The Kier molecular flexibility index (Phi) is 7.92. The van der Waals surface area contributed by atoms with Crippen LogP contribution in [-0.2, 0) is 0 Å². The molecule has 2 aromatic carbocycles. The molecule has 0 saturated carbocycles. The van der Waals surface area contributed by atoms with E-state index in [0.717, 1.165) is 30.2 Å². The van der Waals surface area contributed by atoms with E-state index in [2.05, 4.69) is 23.0 Å². The van der Waals surface area contributed by atoms with Crippen molar-refractivity contribution in [2.45, 2.75) is 38.3 Å². The van der Waals surface area contributed by atoms with Gasteiger partial charge in [0.05, 0.1) is 31.3 Å². The molecule has 0 radical (unpaired) electrons. The van der Waals surface area contributed by atoms with E-state index in [1.54, 1.807) is 20.1 Å². The molecule has 2 aliphatic heterocycles. The molecule has 6 rings (SSSR count). The summed E-state index contributed by atoms with van der Waals surface area (Å²) in [5.74, 6) is 1.39. The summed E-state index contributed by atoms with van der Waals surface area (Å²) in [5, 5.41) is 20.9. The number of carbonyl (C=O) groups is 1. The van der Waals surface area contributed by atoms with E-state index in [9.17, 15) is 20.0 Å². The van der Waals surface area contributed by atoms with Crippen LogP contribution in [0.1, 0.15) is 25.1 Å². The van der Waals surface area contributed by atoms with Gasteiger partial charge < -0.3 is 29.3 Å². The van der Waals surface area contributed by atoms with Crippen molar-refractivity contribution < 1.29 is 19.4 Å². The van der Waals surface area contributed by atoms with Gasteiger partial charge in [0.2, 0.25) is 0 Å². The largest absolute Gasteiger partial charge is 0.497 e. The van der Waals surface area contributed by atoms with E-state index in [4.69, 9.17) is 19.4 Å². The minimum atomic E-state index is -1.08. The van der Waals surface area contributed by atoms with Gasteiger partial charge in [0, 0.05) is 37.1 Å². The summed E-state index contributed by atoms with van der Waals surface area (Å²) in [6.07, 6.45) is 1.00. The number of methoxy groups -OCH3 is 1. The first-order valence-corrected chi connectivity index (χ1v) is 14.6. The number of fused-ring (bicyclic) bond motifs is 2. The molecule has 228 valence electrons. The molecule has 2 atom stereocenters. The zero-order valence-corrected chi connectivity index (χ0v) is 24.9. The standard InChI is InChI=1S/C31H34N8O5/c1-19-33-26-27(29(40)39(19)25-16-23(43-3)15-20-7-4-5-9-24(20)25)34-30(44-18-22-8-6-12-36(22)2)35-28(26)37-13-14-38(31(41)42)21(17-37)10-11-32/h4-5,7,9,15-16,21-22H,6,8,10,12-14,17-18H2,1-3H3,(H,41,42)/t21-,22-/m0/s1. The van der Waals surface area contributed by atoms with Gasteiger partial charge in [-0.2, -0.15) is 15.2 Å². The number of aryl methyl sites for hydroxylation is 1. The van der Waals surface area contributed by atoms with E-state index in [0.29, 0.717) is 41.7 Å². The Morgan fingerprint density at radius 3 is 2.66 bits per heavy atom. The van der Waals surface area contributed by atoms with Gasteiger partial charge in [0.15, 0.2) is 11.3 Å². The number of likely N-dealkylation sites (tertiary alicyclic amines) is 1. The second-order valence-electron chi connectivity index (χ2n) is 11.2. The van der Waals surface area contributed by atoms with Crippen LogP contribution in [0.5, 0.6) is 11.8 Å². The number of nitrogens with zero attached hydrogens (tertiary/aromatic N) is 8. The Balaban J connectivity index is 1.51. The zero-order chi connectivity index (χ0) is 31.0. The van der Waals surface area contributed by atoms with E-state index in [-0.39, 0.29) is 37.1 Å². The summed E-state index contributed by atoms with van der Waals surface area (Å²) in [5.41, 5.74) is 0.590. The van der Waals surface area contributed by atoms with Crippen molar-refractivity contribution in [3.8, 4) is 23.5 Å². The van der Waals surface area contributed by atoms with Gasteiger partial charge in [-0.1, -0.05) is 24.3 Å². The third kappa shape index (κ3) is 5.33. The van der Waals surface area contributed by atoms with Crippen LogP contribution in [0.25, 0.3) is 27.5 Å². The van der Waals surface area contributed by atoms with Gasteiger partial charge in [0.25, 0.3) is 5.56 Å². The monoisotopic (exact) mass is 598 g/mol. The van der Waals surface area contributed by atoms with E-state index in [1.165, 1.54) is 9.47 Å². The van der Waals surface area contributed by atoms with Crippen LogP contribution < -0.4 is 19.9 Å². The normalized spacial score (nSPS) is 19.0. The molecule has 2 aliphatic rings. The van der Waals surface area contributed by atoms with Crippen LogP contribution in [0.3, 0.4) is 0 Å². The predicted molar refractivity (Wildman–Crippen MR) is 164 cm³/mol. The van der Waals surface area contributed by atoms with Crippen LogP contribution in [0, 0.1) is 18.3 Å². The lowest BCUT2D eigenvalue weighted by molar-refractivity contribution is 0.119. The molecule has 4 aromatic rings. The first-order chi connectivity index (χ1) is 21.3. The Morgan fingerprint density at radius 2 is 1.93 bits per heavy atom. The van der Waals surface area contributed by atoms with E-state index in [1.807, 2.05) is 35.2 Å². The van der Waals surface area contributed by atoms with Gasteiger partial charge in [-0.15, -0.1) is 0 Å². The van der Waals surface area contributed by atoms with Crippen molar-refractivity contribution in [1.82, 2.24) is 29.3 Å². The predicted octanol–water partition coefficient (Wildman–Crippen LogP) is 3.20. The Hall–Kier alpha value is -4.96. The van der Waals surface area contributed by atoms with Crippen molar-refractivity contribution in [1.29, 1.82) is 5.26 Å². The second-order valence-corrected chi connectivity index (χ2v) is 11.2. The molecule has 2 saturated heterocycles. The van der Waals surface area contributed by atoms with Crippen LogP contribution >= 0.6 is 0 Å². The average Bonchev–Trinajstić information content (AvgIpc) is 3.44. The van der Waals surface area contributed by atoms with Crippen molar-refractivity contribution in [3.05, 3.63) is 52.6 Å². The lowest BCUT2D eigenvalue weighted by Crippen LogP contribution is -2.55. The fourth-order valence-corrected chi connectivity index (χ4v) is 6.22. The molecule has 1 N–H and O–H groups in total. The molecule has 4 heterocycles. The third-order valence-corrected chi connectivity index (χ3v) is 8.57. The maximum Gasteiger partial charge on any atom is 0.407 e. The highest BCUT2D eigenvalue weighted by atomic mass is 16.5. The number of piperazine rings is 1. The number of carboxylic acid groups (broad SMARTS) is 1. The third-order valence-electron chi connectivity index (χ3n) is 8.57. The fraction of sp³-hybridized carbons (Fsp3) is 0.419. The number of amides is 1. The smallest absolute Gasteiger partial charge is 0.407 e. The number of rotatable bonds is 7. The molecule has 0 bridgehead atoms. The van der Waals surface area contributed by atoms with Crippen LogP contribution in [0.4, 0.5) is 10.6 Å². The molecule has 13 nitrogen and oxygen atoms in total. The van der Waals surface area contributed by atoms with Crippen LogP contribution in [0.15, 0.2) is 41.2 Å². The van der Waals surface area contributed by atoms with Gasteiger partial charge in [-0.05, 0) is 44.8 Å². The van der Waals surface area contributed by atoms with Crippen molar-refractivity contribution >= 4 is 33.7 Å². The van der Waals surface area contributed by atoms with Gasteiger partial charge in [-0.25, -0.2) is 9.78 Å². The molecule has 1 amide bonds. The second kappa shape index (κ2) is 12.0. The highest BCUT2D eigenvalue weighted by Crippen LogP contribution is 2.31. The van der Waals surface area contributed by atoms with Gasteiger partial charge in [-0.3, -0.25) is 9.36 Å². The number of anilines is 1. The van der Waals surface area contributed by atoms with Gasteiger partial charge in [0.1, 0.15) is 23.7 Å². The molecule has 0 spiro atoms. The maximum atomic E-state index is 14.4. The van der Waals surface area contributed by atoms with Crippen molar-refractivity contribution in [2.75, 3.05) is 51.8 Å². The number of nitriles is 1. The van der Waals surface area contributed by atoms with Crippen LogP contribution in [-0.4, -0.2) is 99.5 Å². The van der Waals surface area contributed by atoms with Gasteiger partial charge >= 0.3 is 12.1 Å². The molecule has 2 fully saturated rings. The summed E-state index contributed by atoms with van der Waals surface area (Å²) < 4.78 is 13.2. The average molecular weight is 599 g/mol. The molecule has 13 heteroatoms. The summed E-state index contributed by atoms with van der Waals surface area (Å²) in [6, 6.07) is 13.2. The molecule has 2 aromatic heterocycles. The van der Waals surface area contributed by atoms with Crippen molar-refractivity contribution in [3.63, 3.8) is 0 Å². The quantitative estimate of drug-likeness (QED) is 0.334. The van der Waals surface area contributed by atoms with Crippen LogP contribution in [0.2, 0.25) is 0 Å². The Bertz CT molecular complexity index is 1840. The maximum absolute atomic E-state index is 14.4. The Labute approximate surface area is 253 Å². The first kappa shape index (κ1) is 29.1. The number of hydrogen-bond acceptors (Lipinski definition) is 10. The number of benzene rings is 2. The zero-order valence-electron chi connectivity index (χ0n) is 24.9. The highest BCUT2D eigenvalue weighted by molar-refractivity contribution is 5.92. The summed E-state index contributed by atoms with van der Waals surface area (Å²) in [6.45, 7) is 3.77.